The number of benzene rings is 1. The zero-order valence-corrected chi connectivity index (χ0v) is 9.32. The standard InChI is InChI=1S/C11H16N2O2/c1-4-13(5-2)10-7-11(14)9(12-15)6-8(10)3/h6-7,14H,4-5H2,1-3H3. The van der Waals surface area contributed by atoms with E-state index in [1.165, 1.54) is 0 Å². The molecule has 0 unspecified atom stereocenters. The van der Waals surface area contributed by atoms with Crippen molar-refractivity contribution < 1.29 is 5.11 Å². The highest BCUT2D eigenvalue weighted by Crippen LogP contribution is 2.33. The van der Waals surface area contributed by atoms with Gasteiger partial charge in [-0.05, 0) is 37.6 Å². The Bertz CT molecular complexity index is 360. The van der Waals surface area contributed by atoms with E-state index in [1.807, 2.05) is 20.8 Å². The number of nitrogens with zero attached hydrogens (tertiary/aromatic N) is 2. The molecule has 0 aliphatic rings. The van der Waals surface area contributed by atoms with Gasteiger partial charge in [-0.25, -0.2) is 0 Å². The first-order chi connectivity index (χ1) is 7.13. The highest BCUT2D eigenvalue weighted by Gasteiger charge is 2.10. The molecule has 0 heterocycles. The van der Waals surface area contributed by atoms with Crippen LogP contribution < -0.4 is 4.90 Å². The van der Waals surface area contributed by atoms with Gasteiger partial charge in [0, 0.05) is 24.8 Å². The smallest absolute Gasteiger partial charge is 0.150 e. The molecule has 0 bridgehead atoms. The van der Waals surface area contributed by atoms with Crippen molar-refractivity contribution in [2.24, 2.45) is 5.18 Å². The monoisotopic (exact) mass is 208 g/mol. The maximum Gasteiger partial charge on any atom is 0.150 e. The van der Waals surface area contributed by atoms with E-state index in [9.17, 15) is 10.0 Å². The van der Waals surface area contributed by atoms with Crippen molar-refractivity contribution in [1.29, 1.82) is 0 Å². The van der Waals surface area contributed by atoms with Crippen LogP contribution in [-0.2, 0) is 0 Å². The second-order valence-electron chi connectivity index (χ2n) is 3.39. The molecule has 0 aromatic heterocycles. The van der Waals surface area contributed by atoms with E-state index in [0.717, 1.165) is 24.3 Å². The second-order valence-corrected chi connectivity index (χ2v) is 3.39. The normalized spacial score (nSPS) is 10.1. The molecule has 0 amide bonds. The lowest BCUT2D eigenvalue weighted by Crippen LogP contribution is -2.22. The van der Waals surface area contributed by atoms with E-state index >= 15 is 0 Å². The Morgan fingerprint density at radius 1 is 1.33 bits per heavy atom. The summed E-state index contributed by atoms with van der Waals surface area (Å²) in [5.74, 6) is -0.0579. The highest BCUT2D eigenvalue weighted by molar-refractivity contribution is 5.65. The summed E-state index contributed by atoms with van der Waals surface area (Å²) in [6.45, 7) is 7.73. The third-order valence-corrected chi connectivity index (χ3v) is 2.50. The molecule has 1 aromatic carbocycles. The summed E-state index contributed by atoms with van der Waals surface area (Å²) in [4.78, 5) is 12.5. The predicted octanol–water partition coefficient (Wildman–Crippen LogP) is 2.94. The zero-order valence-electron chi connectivity index (χ0n) is 9.32. The average Bonchev–Trinajstić information content (AvgIpc) is 2.24. The van der Waals surface area contributed by atoms with Crippen LogP contribution in [0.25, 0.3) is 0 Å². The minimum Gasteiger partial charge on any atom is -0.505 e. The summed E-state index contributed by atoms with van der Waals surface area (Å²) >= 11 is 0. The SMILES string of the molecule is CCN(CC)c1cc(O)c(N=O)cc1C. The van der Waals surface area contributed by atoms with Crippen molar-refractivity contribution in [3.63, 3.8) is 0 Å². The largest absolute Gasteiger partial charge is 0.505 e. The number of hydrogen-bond donors (Lipinski definition) is 1. The van der Waals surface area contributed by atoms with Gasteiger partial charge >= 0.3 is 0 Å². The summed E-state index contributed by atoms with van der Waals surface area (Å²) < 4.78 is 0. The van der Waals surface area contributed by atoms with Crippen molar-refractivity contribution >= 4 is 11.4 Å². The van der Waals surface area contributed by atoms with Crippen molar-refractivity contribution in [1.82, 2.24) is 0 Å². The first-order valence-electron chi connectivity index (χ1n) is 5.05. The molecule has 4 nitrogen and oxygen atoms in total. The fraction of sp³-hybridized carbons (Fsp3) is 0.455. The topological polar surface area (TPSA) is 52.9 Å². The molecule has 0 atom stereocenters. The van der Waals surface area contributed by atoms with Gasteiger partial charge in [0.1, 0.15) is 11.4 Å². The molecule has 82 valence electrons. The van der Waals surface area contributed by atoms with Crippen molar-refractivity contribution in [2.75, 3.05) is 18.0 Å². The number of anilines is 1. The highest BCUT2D eigenvalue weighted by atomic mass is 16.3. The van der Waals surface area contributed by atoms with Crippen LogP contribution in [0.5, 0.6) is 5.75 Å². The molecule has 4 heteroatoms. The van der Waals surface area contributed by atoms with E-state index in [1.54, 1.807) is 12.1 Å². The van der Waals surface area contributed by atoms with E-state index in [0.29, 0.717) is 0 Å². The van der Waals surface area contributed by atoms with Gasteiger partial charge in [0.15, 0.2) is 0 Å². The van der Waals surface area contributed by atoms with Gasteiger partial charge in [0.05, 0.1) is 0 Å². The lowest BCUT2D eigenvalue weighted by Gasteiger charge is -2.23. The average molecular weight is 208 g/mol. The summed E-state index contributed by atoms with van der Waals surface area (Å²) in [6, 6.07) is 3.20. The first kappa shape index (κ1) is 11.5. The molecule has 0 radical (unpaired) electrons. The maximum absolute atomic E-state index is 10.4. The fourth-order valence-electron chi connectivity index (χ4n) is 1.65. The summed E-state index contributed by atoms with van der Waals surface area (Å²) in [5.41, 5.74) is 2.00. The van der Waals surface area contributed by atoms with Crippen LogP contribution in [0, 0.1) is 11.8 Å². The number of phenols is 1. The molecule has 0 saturated heterocycles. The molecule has 0 saturated carbocycles. The molecule has 0 spiro atoms. The van der Waals surface area contributed by atoms with Crippen molar-refractivity contribution in [3.8, 4) is 5.75 Å². The van der Waals surface area contributed by atoms with Gasteiger partial charge in [-0.3, -0.25) is 0 Å². The molecule has 0 fully saturated rings. The van der Waals surface area contributed by atoms with Crippen LogP contribution in [0.1, 0.15) is 19.4 Å². The lowest BCUT2D eigenvalue weighted by atomic mass is 10.1. The zero-order chi connectivity index (χ0) is 11.4. The Morgan fingerprint density at radius 2 is 1.93 bits per heavy atom. The van der Waals surface area contributed by atoms with Gasteiger partial charge in [-0.15, -0.1) is 4.91 Å². The molecular weight excluding hydrogens is 192 g/mol. The van der Waals surface area contributed by atoms with Gasteiger partial charge in [0.25, 0.3) is 0 Å². The van der Waals surface area contributed by atoms with Gasteiger partial charge in [-0.2, -0.15) is 0 Å². The van der Waals surface area contributed by atoms with Gasteiger partial charge in [-0.1, -0.05) is 0 Å². The molecule has 1 aromatic rings. The van der Waals surface area contributed by atoms with Crippen LogP contribution in [0.2, 0.25) is 0 Å². The van der Waals surface area contributed by atoms with Crippen LogP contribution in [0.4, 0.5) is 11.4 Å². The number of hydrogen-bond acceptors (Lipinski definition) is 4. The summed E-state index contributed by atoms with van der Waals surface area (Å²) in [7, 11) is 0. The van der Waals surface area contributed by atoms with E-state index in [2.05, 4.69) is 10.1 Å². The number of rotatable bonds is 4. The molecule has 1 rings (SSSR count). The summed E-state index contributed by atoms with van der Waals surface area (Å²) in [5, 5.41) is 12.3. The van der Waals surface area contributed by atoms with Crippen LogP contribution in [0.3, 0.4) is 0 Å². The van der Waals surface area contributed by atoms with Crippen LogP contribution in [0.15, 0.2) is 17.3 Å². The lowest BCUT2D eigenvalue weighted by molar-refractivity contribution is 0.476. The predicted molar refractivity (Wildman–Crippen MR) is 61.9 cm³/mol. The Balaban J connectivity index is 3.20. The number of nitroso groups, excluding NO2 is 1. The van der Waals surface area contributed by atoms with Crippen LogP contribution >= 0.6 is 0 Å². The molecule has 1 N–H and O–H groups in total. The number of aromatic hydroxyl groups is 1. The maximum atomic E-state index is 10.4. The van der Waals surface area contributed by atoms with Gasteiger partial charge in [0.2, 0.25) is 0 Å². The quantitative estimate of drug-likeness (QED) is 0.774. The molecule has 15 heavy (non-hydrogen) atoms. The fourth-order valence-corrected chi connectivity index (χ4v) is 1.65. The second kappa shape index (κ2) is 4.77. The third-order valence-electron chi connectivity index (χ3n) is 2.50. The van der Waals surface area contributed by atoms with Gasteiger partial charge < -0.3 is 10.0 Å². The minimum atomic E-state index is -0.0579. The molecular formula is C11H16N2O2. The van der Waals surface area contributed by atoms with Crippen molar-refractivity contribution in [2.45, 2.75) is 20.8 Å². The van der Waals surface area contributed by atoms with Crippen molar-refractivity contribution in [3.05, 3.63) is 22.6 Å². The van der Waals surface area contributed by atoms with E-state index in [-0.39, 0.29) is 11.4 Å². The Hall–Kier alpha value is -1.58. The number of aryl methyl sites for hydroxylation is 1. The third kappa shape index (κ3) is 2.26. The van der Waals surface area contributed by atoms with E-state index < -0.39 is 0 Å². The Labute approximate surface area is 89.5 Å². The van der Waals surface area contributed by atoms with Crippen LogP contribution in [-0.4, -0.2) is 18.2 Å². The van der Waals surface area contributed by atoms with E-state index in [4.69, 9.17) is 0 Å². The number of phenolic OH excluding ortho intramolecular Hbond substituents is 1. The first-order valence-corrected chi connectivity index (χ1v) is 5.05. The Kier molecular flexibility index (Phi) is 3.66. The molecule has 0 aliphatic heterocycles. The molecule has 0 aliphatic carbocycles. The minimum absolute atomic E-state index is 0.0579. The Morgan fingerprint density at radius 3 is 2.40 bits per heavy atom. The summed E-state index contributed by atoms with van der Waals surface area (Å²) in [6.07, 6.45) is 0.